The van der Waals surface area contributed by atoms with Gasteiger partial charge in [-0.2, -0.15) is 0 Å². The summed E-state index contributed by atoms with van der Waals surface area (Å²) >= 11 is 3.25. The van der Waals surface area contributed by atoms with E-state index in [1.165, 1.54) is 0 Å². The zero-order valence-electron chi connectivity index (χ0n) is 3.70. The van der Waals surface area contributed by atoms with E-state index in [-0.39, 0.29) is 24.0 Å². The molecule has 0 unspecified atom stereocenters. The van der Waals surface area contributed by atoms with Crippen LogP contribution in [0.15, 0.2) is 0 Å². The molecule has 0 aliphatic carbocycles. The highest BCUT2D eigenvalue weighted by molar-refractivity contribution is 14.0. The second-order valence-electron chi connectivity index (χ2n) is 0.793. The van der Waals surface area contributed by atoms with E-state index in [0.29, 0.717) is 0 Å². The van der Waals surface area contributed by atoms with Crippen LogP contribution in [0.3, 0.4) is 0 Å². The highest BCUT2D eigenvalue weighted by Gasteiger charge is 1.66. The first-order chi connectivity index (χ1) is 2.41. The zero-order chi connectivity index (χ0) is 4.12. The van der Waals surface area contributed by atoms with Gasteiger partial charge in [0, 0.05) is 11.9 Å². The molecule has 0 aliphatic rings. The van der Waals surface area contributed by atoms with Gasteiger partial charge in [0.15, 0.2) is 0 Å². The maximum atomic E-state index is 3.25. The topological polar surface area (TPSA) is 12.0 Å². The molecule has 0 atom stereocenters. The minimum absolute atomic E-state index is 0. The van der Waals surface area contributed by atoms with E-state index in [1.54, 1.807) is 0 Å². The molecule has 0 heterocycles. The normalized spacial score (nSPS) is 7.00. The van der Waals surface area contributed by atoms with Crippen LogP contribution in [0.25, 0.3) is 0 Å². The van der Waals surface area contributed by atoms with Crippen LogP contribution in [0.1, 0.15) is 0 Å². The van der Waals surface area contributed by atoms with Crippen molar-refractivity contribution in [3.8, 4) is 0 Å². The van der Waals surface area contributed by atoms with Gasteiger partial charge in [-0.1, -0.05) is 15.9 Å². The third-order valence-corrected chi connectivity index (χ3v) is 0.741. The van der Waals surface area contributed by atoms with E-state index >= 15 is 0 Å². The Morgan fingerprint density at radius 2 is 2.17 bits per heavy atom. The Labute approximate surface area is 64.0 Å². The van der Waals surface area contributed by atoms with Gasteiger partial charge in [-0.15, -0.1) is 24.0 Å². The summed E-state index contributed by atoms with van der Waals surface area (Å²) in [4.78, 5) is 0. The molecule has 0 saturated heterocycles. The number of hydrogen-bond acceptors (Lipinski definition) is 1. The summed E-state index contributed by atoms with van der Waals surface area (Å²) in [6, 6.07) is 0. The summed E-state index contributed by atoms with van der Waals surface area (Å²) in [6.45, 7) is 1.06. The van der Waals surface area contributed by atoms with Gasteiger partial charge in [0.05, 0.1) is 0 Å². The largest absolute Gasteiger partial charge is 0.319 e. The van der Waals surface area contributed by atoms with Gasteiger partial charge in [0.2, 0.25) is 0 Å². The Hall–Kier alpha value is 1.17. The van der Waals surface area contributed by atoms with Gasteiger partial charge in [0.1, 0.15) is 0 Å². The summed E-state index contributed by atoms with van der Waals surface area (Å²) in [5, 5.41) is 4.02. The Morgan fingerprint density at radius 1 is 1.67 bits per heavy atom. The second kappa shape index (κ2) is 9.48. The third kappa shape index (κ3) is 8.95. The molecule has 0 rings (SSSR count). The van der Waals surface area contributed by atoms with Crippen LogP contribution in [-0.4, -0.2) is 18.9 Å². The van der Waals surface area contributed by atoms with Crippen LogP contribution in [0, 0.1) is 0 Å². The van der Waals surface area contributed by atoms with Crippen molar-refractivity contribution in [2.45, 2.75) is 0 Å². The molecule has 1 N–H and O–H groups in total. The second-order valence-corrected chi connectivity index (χ2v) is 1.59. The summed E-state index contributed by atoms with van der Waals surface area (Å²) < 4.78 is 0. The lowest BCUT2D eigenvalue weighted by Gasteiger charge is -1.83. The lowest BCUT2D eigenvalue weighted by atomic mass is 10.8. The minimum Gasteiger partial charge on any atom is -0.319 e. The third-order valence-electron chi connectivity index (χ3n) is 0.344. The molecular formula is C3H9BrIN. The van der Waals surface area contributed by atoms with Crippen molar-refractivity contribution in [3.63, 3.8) is 0 Å². The number of nitrogens with one attached hydrogen (secondary N) is 1. The molecule has 0 spiro atoms. The van der Waals surface area contributed by atoms with E-state index in [9.17, 15) is 0 Å². The molecule has 0 fully saturated rings. The molecule has 0 aromatic carbocycles. The van der Waals surface area contributed by atoms with E-state index in [4.69, 9.17) is 0 Å². The molecule has 0 aromatic heterocycles. The Balaban J connectivity index is 0. The highest BCUT2D eigenvalue weighted by Crippen LogP contribution is 1.70. The van der Waals surface area contributed by atoms with Gasteiger partial charge >= 0.3 is 0 Å². The first-order valence-electron chi connectivity index (χ1n) is 1.62. The Bertz CT molecular complexity index is 18.3. The Kier molecular flexibility index (Phi) is 16.1. The maximum Gasteiger partial charge on any atom is 0.0157 e. The first-order valence-corrected chi connectivity index (χ1v) is 2.74. The maximum absolute atomic E-state index is 3.25. The zero-order valence-corrected chi connectivity index (χ0v) is 7.62. The molecule has 0 radical (unpaired) electrons. The van der Waals surface area contributed by atoms with Gasteiger partial charge < -0.3 is 5.32 Å². The fraction of sp³-hybridized carbons (Fsp3) is 1.00. The predicted molar refractivity (Wildman–Crippen MR) is 43.1 cm³/mol. The van der Waals surface area contributed by atoms with Gasteiger partial charge in [0.25, 0.3) is 0 Å². The van der Waals surface area contributed by atoms with Crippen molar-refractivity contribution < 1.29 is 0 Å². The van der Waals surface area contributed by atoms with Crippen molar-refractivity contribution in [2.24, 2.45) is 0 Å². The standard InChI is InChI=1S/C3H8BrN.HI/c1-5-3-2-4;/h5H,2-3H2,1H3;1H. The Morgan fingerprint density at radius 3 is 2.17 bits per heavy atom. The van der Waals surface area contributed by atoms with Crippen LogP contribution in [0.5, 0.6) is 0 Å². The predicted octanol–water partition coefficient (Wildman–Crippen LogP) is 1.22. The molecule has 40 valence electrons. The quantitative estimate of drug-likeness (QED) is 0.585. The number of alkyl halides is 1. The number of rotatable bonds is 2. The number of halogens is 2. The van der Waals surface area contributed by atoms with Crippen LogP contribution in [0.2, 0.25) is 0 Å². The molecule has 3 heteroatoms. The van der Waals surface area contributed by atoms with E-state index in [0.717, 1.165) is 11.9 Å². The fourth-order valence-electron chi connectivity index (χ4n) is 0.0945. The average molecular weight is 266 g/mol. The van der Waals surface area contributed by atoms with Crippen molar-refractivity contribution in [2.75, 3.05) is 18.9 Å². The lowest BCUT2D eigenvalue weighted by Crippen LogP contribution is -2.07. The highest BCUT2D eigenvalue weighted by atomic mass is 127. The summed E-state index contributed by atoms with van der Waals surface area (Å²) in [5.74, 6) is 0. The molecular weight excluding hydrogens is 257 g/mol. The van der Waals surface area contributed by atoms with Crippen molar-refractivity contribution in [3.05, 3.63) is 0 Å². The SMILES string of the molecule is CNCCBr.I. The van der Waals surface area contributed by atoms with E-state index < -0.39 is 0 Å². The molecule has 0 aromatic rings. The fourth-order valence-corrected chi connectivity index (χ4v) is 0.491. The van der Waals surface area contributed by atoms with Gasteiger partial charge in [-0.05, 0) is 7.05 Å². The first kappa shape index (κ1) is 10.2. The van der Waals surface area contributed by atoms with Crippen molar-refractivity contribution in [1.29, 1.82) is 0 Å². The summed E-state index contributed by atoms with van der Waals surface area (Å²) in [6.07, 6.45) is 0. The number of hydrogen-bond donors (Lipinski definition) is 1. The molecule has 6 heavy (non-hydrogen) atoms. The van der Waals surface area contributed by atoms with E-state index in [2.05, 4.69) is 21.2 Å². The minimum atomic E-state index is 0. The molecule has 0 aliphatic heterocycles. The smallest absolute Gasteiger partial charge is 0.0157 e. The van der Waals surface area contributed by atoms with Crippen LogP contribution in [-0.2, 0) is 0 Å². The summed E-state index contributed by atoms with van der Waals surface area (Å²) in [7, 11) is 1.93. The van der Waals surface area contributed by atoms with Crippen molar-refractivity contribution in [1.82, 2.24) is 5.32 Å². The van der Waals surface area contributed by atoms with E-state index in [1.807, 2.05) is 7.05 Å². The van der Waals surface area contributed by atoms with Crippen LogP contribution < -0.4 is 5.32 Å². The monoisotopic (exact) mass is 265 g/mol. The van der Waals surface area contributed by atoms with Crippen LogP contribution in [0.4, 0.5) is 0 Å². The molecule has 0 bridgehead atoms. The molecule has 0 amide bonds. The molecule has 1 nitrogen and oxygen atoms in total. The molecule has 0 saturated carbocycles. The lowest BCUT2D eigenvalue weighted by molar-refractivity contribution is 0.876. The van der Waals surface area contributed by atoms with Crippen LogP contribution >= 0.6 is 39.9 Å². The van der Waals surface area contributed by atoms with Crippen molar-refractivity contribution >= 4 is 39.9 Å². The summed E-state index contributed by atoms with van der Waals surface area (Å²) in [5.41, 5.74) is 0. The average Bonchev–Trinajstić information content (AvgIpc) is 1.41. The van der Waals surface area contributed by atoms with Gasteiger partial charge in [-0.25, -0.2) is 0 Å². The van der Waals surface area contributed by atoms with Gasteiger partial charge in [-0.3, -0.25) is 0 Å².